The summed E-state index contributed by atoms with van der Waals surface area (Å²) < 4.78 is 4.69. The van der Waals surface area contributed by atoms with Crippen LogP contribution >= 0.6 is 0 Å². The summed E-state index contributed by atoms with van der Waals surface area (Å²) in [5, 5.41) is 21.5. The summed E-state index contributed by atoms with van der Waals surface area (Å²) in [4.78, 5) is 26.0. The van der Waals surface area contributed by atoms with Crippen molar-refractivity contribution in [2.24, 2.45) is 5.41 Å². The second-order valence-electron chi connectivity index (χ2n) is 6.32. The molecule has 2 amide bonds. The Morgan fingerprint density at radius 2 is 1.73 bits per heavy atom. The number of hydrogen-bond acceptors (Lipinski definition) is 5. The molecule has 0 spiro atoms. The van der Waals surface area contributed by atoms with Gasteiger partial charge in [0.2, 0.25) is 0 Å². The maximum absolute atomic E-state index is 11.9. The van der Waals surface area contributed by atoms with Gasteiger partial charge >= 0.3 is 27.8 Å². The molecular weight excluding hydrogens is 419 g/mol. The number of methoxy groups -OCH3 is 1. The van der Waals surface area contributed by atoms with Crippen molar-refractivity contribution in [3.63, 3.8) is 0 Å². The minimum Gasteiger partial charge on any atom is -1.00 e. The Morgan fingerprint density at radius 1 is 1.31 bits per heavy atom. The van der Waals surface area contributed by atoms with Crippen LogP contribution in [0, 0.1) is 5.41 Å². The zero-order chi connectivity index (χ0) is 18.4. The summed E-state index contributed by atoms with van der Waals surface area (Å²) >= 11 is 0. The Morgan fingerprint density at radius 3 is 2.04 bits per heavy atom. The summed E-state index contributed by atoms with van der Waals surface area (Å²) in [5.41, 5.74) is -0.507. The Bertz CT molecular complexity index is 491. The minimum atomic E-state index is -0.721. The van der Waals surface area contributed by atoms with Crippen molar-refractivity contribution in [1.29, 1.82) is 0 Å². The fourth-order valence-electron chi connectivity index (χ4n) is 1.99. The molecule has 0 saturated heterocycles. The maximum atomic E-state index is 11.9. The van der Waals surface area contributed by atoms with Crippen LogP contribution in [0.2, 0.25) is 0 Å². The van der Waals surface area contributed by atoms with E-state index in [1.807, 2.05) is 20.8 Å². The number of ether oxygens (including phenoxy) is 1. The number of halogens is 2. The summed E-state index contributed by atoms with van der Waals surface area (Å²) in [6.07, 6.45) is 2.08. The molecule has 1 aliphatic heterocycles. The van der Waals surface area contributed by atoms with E-state index in [9.17, 15) is 19.8 Å². The third-order valence-electron chi connectivity index (χ3n) is 2.77. The summed E-state index contributed by atoms with van der Waals surface area (Å²) in [7, 11) is 1.25. The van der Waals surface area contributed by atoms with Crippen molar-refractivity contribution in [3.8, 4) is 0 Å². The standard InChI is InChI=1S/C13H20N2O4.C3H7O.2ClH.Ti/c1-6-9(16)15-10(17)7-8-14(12(18)19-5)11(15)13(2,3)4;1-3(2)4;;;/h6-8,11,16H,1-5H3;3H,1-2H3;2*1H;/q;-1;;;+4/p-3/b9-6-;;;;/t11-;;;;/m1..../s1. The molecule has 148 valence electrons. The third-order valence-corrected chi connectivity index (χ3v) is 2.77. The SMILES string of the molecule is C/C=C(\[O-])N1C(=O)C=CN(C(=O)OC)[C@H]1C(C)(C)C.CC(C)[O-].[Cl-].[Cl-].[Ti+4]. The molecule has 1 atom stereocenters. The summed E-state index contributed by atoms with van der Waals surface area (Å²) in [6.45, 7) is 10.3. The number of nitrogens with zero attached hydrogens (tertiary/aromatic N) is 2. The van der Waals surface area contributed by atoms with Gasteiger partial charge in [-0.15, -0.1) is 6.10 Å². The predicted octanol–water partition coefficient (Wildman–Crippen LogP) is -5.23. The quantitative estimate of drug-likeness (QED) is 0.297. The Balaban J connectivity index is -0.000000314. The van der Waals surface area contributed by atoms with Crippen molar-refractivity contribution in [2.45, 2.75) is 53.8 Å². The average molecular weight is 445 g/mol. The van der Waals surface area contributed by atoms with Crippen LogP contribution < -0.4 is 35.0 Å². The zero-order valence-electron chi connectivity index (χ0n) is 16.1. The second kappa shape index (κ2) is 14.3. The van der Waals surface area contributed by atoms with E-state index in [1.165, 1.54) is 30.4 Å². The smallest absolute Gasteiger partial charge is 1.00 e. The van der Waals surface area contributed by atoms with Gasteiger partial charge in [-0.2, -0.15) is 0 Å². The van der Waals surface area contributed by atoms with Crippen LogP contribution in [0.25, 0.3) is 0 Å². The van der Waals surface area contributed by atoms with Crippen LogP contribution in [0.1, 0.15) is 41.5 Å². The summed E-state index contributed by atoms with van der Waals surface area (Å²) in [5.74, 6) is -0.883. The molecule has 0 radical (unpaired) electrons. The topological polar surface area (TPSA) is 96.0 Å². The summed E-state index contributed by atoms with van der Waals surface area (Å²) in [6, 6.07) is 0. The Hall–Kier alpha value is -0.726. The molecule has 0 aliphatic carbocycles. The van der Waals surface area contributed by atoms with Crippen molar-refractivity contribution in [3.05, 3.63) is 24.2 Å². The van der Waals surface area contributed by atoms with Gasteiger partial charge in [-0.25, -0.2) is 4.79 Å². The Kier molecular flexibility index (Phi) is 18.2. The molecule has 1 rings (SSSR count). The van der Waals surface area contributed by atoms with Crippen LogP contribution in [0.5, 0.6) is 0 Å². The number of carbonyl (C=O) groups excluding carboxylic acids is 2. The molecule has 0 aromatic heterocycles. The molecule has 1 heterocycles. The van der Waals surface area contributed by atoms with Crippen LogP contribution in [-0.2, 0) is 31.2 Å². The monoisotopic (exact) mass is 444 g/mol. The van der Waals surface area contributed by atoms with Gasteiger partial charge in [0.15, 0.2) is 0 Å². The van der Waals surface area contributed by atoms with E-state index in [1.54, 1.807) is 20.8 Å². The van der Waals surface area contributed by atoms with Crippen LogP contribution in [0.15, 0.2) is 24.2 Å². The molecule has 0 fully saturated rings. The van der Waals surface area contributed by atoms with E-state index in [-0.39, 0.29) is 46.5 Å². The first-order chi connectivity index (χ1) is 10.5. The number of amides is 2. The Labute approximate surface area is 183 Å². The van der Waals surface area contributed by atoms with Gasteiger partial charge in [-0.1, -0.05) is 40.7 Å². The van der Waals surface area contributed by atoms with Gasteiger partial charge in [-0.05, 0) is 12.8 Å². The third kappa shape index (κ3) is 9.83. The van der Waals surface area contributed by atoms with Crippen LogP contribution in [0.4, 0.5) is 4.79 Å². The molecule has 0 N–H and O–H groups in total. The van der Waals surface area contributed by atoms with Crippen molar-refractivity contribution < 1.29 is 71.1 Å². The van der Waals surface area contributed by atoms with Crippen molar-refractivity contribution in [1.82, 2.24) is 9.80 Å². The van der Waals surface area contributed by atoms with E-state index < -0.39 is 35.6 Å². The van der Waals surface area contributed by atoms with E-state index >= 15 is 0 Å². The minimum absolute atomic E-state index is 0. The molecule has 26 heavy (non-hydrogen) atoms. The van der Waals surface area contributed by atoms with Crippen molar-refractivity contribution >= 4 is 12.0 Å². The molecule has 7 nitrogen and oxygen atoms in total. The molecule has 0 aromatic carbocycles. The molecule has 0 saturated carbocycles. The van der Waals surface area contributed by atoms with Crippen LogP contribution in [0.3, 0.4) is 0 Å². The fraction of sp³-hybridized carbons (Fsp3) is 0.625. The molecule has 0 bridgehead atoms. The first kappa shape index (κ1) is 32.9. The molecule has 0 unspecified atom stereocenters. The number of rotatable bonds is 1. The number of allylic oxidation sites excluding steroid dienone is 1. The number of carbonyl (C=O) groups is 2. The fourth-order valence-corrected chi connectivity index (χ4v) is 1.99. The first-order valence-electron chi connectivity index (χ1n) is 7.34. The van der Waals surface area contributed by atoms with E-state index in [0.717, 1.165) is 4.90 Å². The van der Waals surface area contributed by atoms with Gasteiger partial charge in [-0.3, -0.25) is 9.69 Å². The van der Waals surface area contributed by atoms with Gasteiger partial charge in [0, 0.05) is 17.7 Å². The molecular formula is C16H26Cl2N2O5Ti. The molecule has 0 aromatic rings. The van der Waals surface area contributed by atoms with Gasteiger partial charge in [0.25, 0.3) is 5.91 Å². The predicted molar refractivity (Wildman–Crippen MR) is 82.4 cm³/mol. The van der Waals surface area contributed by atoms with Gasteiger partial charge in [0.1, 0.15) is 6.17 Å². The van der Waals surface area contributed by atoms with Gasteiger partial charge in [0.05, 0.1) is 7.11 Å². The molecule has 10 heteroatoms. The zero-order valence-corrected chi connectivity index (χ0v) is 19.2. The van der Waals surface area contributed by atoms with Crippen LogP contribution in [-0.4, -0.2) is 41.2 Å². The largest absolute Gasteiger partial charge is 4.00 e. The van der Waals surface area contributed by atoms with Crippen molar-refractivity contribution in [2.75, 3.05) is 7.11 Å². The van der Waals surface area contributed by atoms with E-state index in [4.69, 9.17) is 0 Å². The molecule has 1 aliphatic rings. The first-order valence-corrected chi connectivity index (χ1v) is 7.34. The average Bonchev–Trinajstić information content (AvgIpc) is 2.43. The normalized spacial score (nSPS) is 16.6. The van der Waals surface area contributed by atoms with E-state index in [2.05, 4.69) is 4.74 Å². The van der Waals surface area contributed by atoms with E-state index in [0.29, 0.717) is 0 Å². The number of hydrogen-bond donors (Lipinski definition) is 0. The van der Waals surface area contributed by atoms with Gasteiger partial charge < -0.3 is 44.7 Å². The maximum Gasteiger partial charge on any atom is 4.00 e. The second-order valence-corrected chi connectivity index (χ2v) is 6.32.